The maximum atomic E-state index is 11.9. The van der Waals surface area contributed by atoms with Crippen LogP contribution < -0.4 is 16.0 Å². The van der Waals surface area contributed by atoms with Gasteiger partial charge < -0.3 is 25.2 Å². The molecule has 0 unspecified atom stereocenters. The van der Waals surface area contributed by atoms with E-state index in [-0.39, 0.29) is 12.1 Å². The van der Waals surface area contributed by atoms with Gasteiger partial charge in [0.15, 0.2) is 11.8 Å². The summed E-state index contributed by atoms with van der Waals surface area (Å²) in [6.45, 7) is 7.80. The summed E-state index contributed by atoms with van der Waals surface area (Å²) in [5, 5.41) is 13.4. The molecular formula is C17H30N6O3. The number of ether oxygens (including phenoxy) is 1. The maximum absolute atomic E-state index is 11.9. The van der Waals surface area contributed by atoms with E-state index in [0.29, 0.717) is 30.3 Å². The fourth-order valence-electron chi connectivity index (χ4n) is 2.82. The number of nitrogens with one attached hydrogen (secondary N) is 3. The molecule has 1 heterocycles. The quantitative estimate of drug-likeness (QED) is 0.551. The summed E-state index contributed by atoms with van der Waals surface area (Å²) in [6, 6.07) is 0.463. The van der Waals surface area contributed by atoms with Crippen LogP contribution in [0, 0.1) is 6.92 Å². The van der Waals surface area contributed by atoms with Crippen LogP contribution in [0.15, 0.2) is 9.52 Å². The van der Waals surface area contributed by atoms with E-state index in [4.69, 9.17) is 9.26 Å². The van der Waals surface area contributed by atoms with E-state index < -0.39 is 5.60 Å². The molecule has 1 fully saturated rings. The first-order valence-electron chi connectivity index (χ1n) is 9.01. The van der Waals surface area contributed by atoms with Crippen LogP contribution in [0.3, 0.4) is 0 Å². The minimum Gasteiger partial charge on any atom is -0.444 e. The zero-order valence-electron chi connectivity index (χ0n) is 16.3. The highest BCUT2D eigenvalue weighted by Crippen LogP contribution is 2.19. The second-order valence-corrected chi connectivity index (χ2v) is 7.49. The molecular weight excluding hydrogens is 336 g/mol. The van der Waals surface area contributed by atoms with Crippen LogP contribution in [0.1, 0.15) is 58.2 Å². The molecule has 1 aliphatic rings. The van der Waals surface area contributed by atoms with Gasteiger partial charge in [-0.25, -0.2) is 4.79 Å². The molecule has 0 spiro atoms. The first-order valence-corrected chi connectivity index (χ1v) is 9.01. The topological polar surface area (TPSA) is 114 Å². The molecule has 0 atom stereocenters. The summed E-state index contributed by atoms with van der Waals surface area (Å²) in [5.74, 6) is 1.84. The number of alkyl carbamates (subject to hydrolysis) is 1. The first kappa shape index (κ1) is 20.0. The molecule has 1 aromatic heterocycles. The molecule has 1 aromatic rings. The van der Waals surface area contributed by atoms with Crippen molar-refractivity contribution in [3.8, 4) is 0 Å². The van der Waals surface area contributed by atoms with Gasteiger partial charge in [-0.3, -0.25) is 4.99 Å². The van der Waals surface area contributed by atoms with Gasteiger partial charge in [-0.05, 0) is 46.5 Å². The summed E-state index contributed by atoms with van der Waals surface area (Å²) < 4.78 is 10.3. The lowest BCUT2D eigenvalue weighted by Crippen LogP contribution is -2.48. The van der Waals surface area contributed by atoms with Gasteiger partial charge in [-0.15, -0.1) is 0 Å². The second kappa shape index (κ2) is 8.86. The Bertz CT molecular complexity index is 614. The highest BCUT2D eigenvalue weighted by molar-refractivity contribution is 5.79. The van der Waals surface area contributed by atoms with Crippen LogP contribution in [0.4, 0.5) is 4.79 Å². The first-order chi connectivity index (χ1) is 12.2. The third kappa shape index (κ3) is 6.89. The number of aromatic nitrogens is 2. The van der Waals surface area contributed by atoms with Gasteiger partial charge in [0.2, 0.25) is 5.89 Å². The van der Waals surface area contributed by atoms with Gasteiger partial charge in [0.05, 0.1) is 6.54 Å². The summed E-state index contributed by atoms with van der Waals surface area (Å²) >= 11 is 0. The van der Waals surface area contributed by atoms with E-state index in [1.807, 2.05) is 20.8 Å². The molecule has 0 aromatic carbocycles. The second-order valence-electron chi connectivity index (χ2n) is 7.49. The molecule has 0 saturated heterocycles. The molecule has 146 valence electrons. The molecule has 0 radical (unpaired) electrons. The van der Waals surface area contributed by atoms with Crippen molar-refractivity contribution in [3.05, 3.63) is 11.7 Å². The van der Waals surface area contributed by atoms with Gasteiger partial charge in [0, 0.05) is 26.1 Å². The van der Waals surface area contributed by atoms with Crippen LogP contribution in [-0.2, 0) is 11.3 Å². The average molecular weight is 366 g/mol. The SMILES string of the molecule is CN=C(NCc1noc(C)n1)NC1CCC(NC(=O)OC(C)(C)C)CC1. The summed E-state index contributed by atoms with van der Waals surface area (Å²) in [7, 11) is 1.73. The number of nitrogens with zero attached hydrogens (tertiary/aromatic N) is 3. The lowest BCUT2D eigenvalue weighted by atomic mass is 9.91. The molecule has 1 aliphatic carbocycles. The third-order valence-corrected chi connectivity index (χ3v) is 4.00. The van der Waals surface area contributed by atoms with E-state index in [9.17, 15) is 4.79 Å². The Kier molecular flexibility index (Phi) is 6.82. The number of rotatable bonds is 4. The normalized spacial score (nSPS) is 21.2. The summed E-state index contributed by atoms with van der Waals surface area (Å²) in [6.07, 6.45) is 3.35. The van der Waals surface area contributed by atoms with Crippen molar-refractivity contribution in [3.63, 3.8) is 0 Å². The van der Waals surface area contributed by atoms with Crippen LogP contribution in [0.25, 0.3) is 0 Å². The fraction of sp³-hybridized carbons (Fsp3) is 0.765. The van der Waals surface area contributed by atoms with E-state index in [0.717, 1.165) is 25.7 Å². The van der Waals surface area contributed by atoms with Crippen LogP contribution in [-0.4, -0.2) is 46.9 Å². The number of carbonyl (C=O) groups is 1. The van der Waals surface area contributed by atoms with Crippen molar-refractivity contribution >= 4 is 12.1 Å². The Morgan fingerprint density at radius 2 is 1.85 bits per heavy atom. The predicted molar refractivity (Wildman–Crippen MR) is 97.8 cm³/mol. The molecule has 9 heteroatoms. The lowest BCUT2D eigenvalue weighted by Gasteiger charge is -2.31. The molecule has 1 saturated carbocycles. The van der Waals surface area contributed by atoms with Crippen LogP contribution in [0.5, 0.6) is 0 Å². The predicted octanol–water partition coefficient (Wildman–Crippen LogP) is 1.88. The zero-order valence-corrected chi connectivity index (χ0v) is 16.3. The molecule has 2 rings (SSSR count). The van der Waals surface area contributed by atoms with E-state index >= 15 is 0 Å². The number of hydrogen-bond donors (Lipinski definition) is 3. The van der Waals surface area contributed by atoms with Gasteiger partial charge in [0.25, 0.3) is 0 Å². The Hall–Kier alpha value is -2.32. The number of amides is 1. The molecule has 3 N–H and O–H groups in total. The minimum atomic E-state index is -0.474. The lowest BCUT2D eigenvalue weighted by molar-refractivity contribution is 0.0490. The van der Waals surface area contributed by atoms with Gasteiger partial charge in [-0.2, -0.15) is 4.98 Å². The number of aliphatic imine (C=N–C) groups is 1. The molecule has 0 aliphatic heterocycles. The Morgan fingerprint density at radius 3 is 2.35 bits per heavy atom. The van der Waals surface area contributed by atoms with E-state index in [1.165, 1.54) is 0 Å². The van der Waals surface area contributed by atoms with Crippen molar-refractivity contribution < 1.29 is 14.1 Å². The van der Waals surface area contributed by atoms with E-state index in [1.54, 1.807) is 14.0 Å². The Labute approximate surface area is 154 Å². The standard InChI is InChI=1S/C17H30N6O3/c1-11-20-14(23-26-11)10-19-15(18-5)21-12-6-8-13(9-7-12)22-16(24)25-17(2,3)4/h12-13H,6-10H2,1-5H3,(H,22,24)(H2,18,19,21). The van der Waals surface area contributed by atoms with Gasteiger partial charge in [0.1, 0.15) is 5.60 Å². The molecule has 1 amide bonds. The number of guanidine groups is 1. The average Bonchev–Trinajstić information content (AvgIpc) is 2.96. The molecule has 9 nitrogen and oxygen atoms in total. The smallest absolute Gasteiger partial charge is 0.407 e. The largest absolute Gasteiger partial charge is 0.444 e. The van der Waals surface area contributed by atoms with Crippen LogP contribution >= 0.6 is 0 Å². The fourth-order valence-corrected chi connectivity index (χ4v) is 2.82. The molecule has 0 bridgehead atoms. The van der Waals surface area contributed by atoms with Crippen molar-refractivity contribution in [2.75, 3.05) is 7.05 Å². The van der Waals surface area contributed by atoms with Crippen molar-refractivity contribution in [1.82, 2.24) is 26.1 Å². The van der Waals surface area contributed by atoms with Gasteiger partial charge in [-0.1, -0.05) is 5.16 Å². The minimum absolute atomic E-state index is 0.153. The van der Waals surface area contributed by atoms with Crippen LogP contribution in [0.2, 0.25) is 0 Å². The number of hydrogen-bond acceptors (Lipinski definition) is 6. The highest BCUT2D eigenvalue weighted by atomic mass is 16.6. The van der Waals surface area contributed by atoms with Crippen molar-refractivity contribution in [2.24, 2.45) is 4.99 Å². The zero-order chi connectivity index (χ0) is 19.2. The number of aryl methyl sites for hydroxylation is 1. The number of carbonyl (C=O) groups excluding carboxylic acids is 1. The highest BCUT2D eigenvalue weighted by Gasteiger charge is 2.25. The van der Waals surface area contributed by atoms with Crippen molar-refractivity contribution in [2.45, 2.75) is 77.6 Å². The molecule has 26 heavy (non-hydrogen) atoms. The summed E-state index contributed by atoms with van der Waals surface area (Å²) in [4.78, 5) is 20.2. The van der Waals surface area contributed by atoms with Gasteiger partial charge >= 0.3 is 6.09 Å². The summed E-state index contributed by atoms with van der Waals surface area (Å²) in [5.41, 5.74) is -0.474. The maximum Gasteiger partial charge on any atom is 0.407 e. The van der Waals surface area contributed by atoms with Crippen molar-refractivity contribution in [1.29, 1.82) is 0 Å². The Balaban J connectivity index is 1.70. The third-order valence-electron chi connectivity index (χ3n) is 4.00. The Morgan fingerprint density at radius 1 is 1.23 bits per heavy atom. The van der Waals surface area contributed by atoms with E-state index in [2.05, 4.69) is 31.1 Å². The monoisotopic (exact) mass is 366 g/mol.